The summed E-state index contributed by atoms with van der Waals surface area (Å²) < 4.78 is 0. The molecule has 1 aromatic rings. The lowest BCUT2D eigenvalue weighted by Gasteiger charge is -2.37. The highest BCUT2D eigenvalue weighted by molar-refractivity contribution is 6.01. The number of fused-ring (bicyclic) bond motifs is 1. The van der Waals surface area contributed by atoms with Crippen LogP contribution in [0.2, 0.25) is 0 Å². The van der Waals surface area contributed by atoms with E-state index >= 15 is 0 Å². The lowest BCUT2D eigenvalue weighted by atomic mass is 9.79. The quantitative estimate of drug-likeness (QED) is 0.685. The summed E-state index contributed by atoms with van der Waals surface area (Å²) in [7, 11) is 0. The zero-order valence-electron chi connectivity index (χ0n) is 20.1. The Labute approximate surface area is 198 Å². The summed E-state index contributed by atoms with van der Waals surface area (Å²) in [6.07, 6.45) is 13.1. The number of benzene rings is 1. The van der Waals surface area contributed by atoms with Crippen LogP contribution in [0.5, 0.6) is 0 Å². The maximum atomic E-state index is 13.0. The van der Waals surface area contributed by atoms with Crippen LogP contribution in [0.4, 0.5) is 0 Å². The van der Waals surface area contributed by atoms with Crippen LogP contribution in [0.3, 0.4) is 0 Å². The van der Waals surface area contributed by atoms with Gasteiger partial charge in [0.2, 0.25) is 5.91 Å². The molecule has 1 aromatic carbocycles. The summed E-state index contributed by atoms with van der Waals surface area (Å²) >= 11 is 0. The van der Waals surface area contributed by atoms with Crippen LogP contribution in [0.1, 0.15) is 92.6 Å². The summed E-state index contributed by atoms with van der Waals surface area (Å²) in [6, 6.07) is 7.31. The molecular weight excluding hydrogens is 410 g/mol. The number of hydrogen-bond donors (Lipinski definition) is 2. The van der Waals surface area contributed by atoms with E-state index in [4.69, 9.17) is 0 Å². The molecule has 5 heteroatoms. The Hall–Kier alpha value is -2.14. The fraction of sp³-hybridized carbons (Fsp3) is 0.643. The number of nitrogens with zero attached hydrogens (tertiary/aromatic N) is 1. The molecule has 4 aliphatic rings. The minimum absolute atomic E-state index is 0.00653. The number of piperidine rings is 1. The summed E-state index contributed by atoms with van der Waals surface area (Å²) in [4.78, 5) is 27.3. The van der Waals surface area contributed by atoms with Gasteiger partial charge in [-0.1, -0.05) is 38.5 Å². The van der Waals surface area contributed by atoms with Crippen molar-refractivity contribution in [3.63, 3.8) is 0 Å². The van der Waals surface area contributed by atoms with Gasteiger partial charge >= 0.3 is 0 Å². The molecule has 0 spiro atoms. The Balaban J connectivity index is 1.24. The number of hydrogen-bond acceptors (Lipinski definition) is 3. The third kappa shape index (κ3) is 4.89. The fourth-order valence-electron chi connectivity index (χ4n) is 6.54. The van der Waals surface area contributed by atoms with Crippen molar-refractivity contribution in [2.75, 3.05) is 0 Å². The van der Waals surface area contributed by atoms with Gasteiger partial charge in [-0.3, -0.25) is 9.59 Å². The molecule has 5 rings (SSSR count). The Morgan fingerprint density at radius 2 is 1.85 bits per heavy atom. The maximum absolute atomic E-state index is 13.0. The number of carbonyl (C=O) groups excluding carboxylic acids is 2. The van der Waals surface area contributed by atoms with E-state index < -0.39 is 0 Å². The van der Waals surface area contributed by atoms with Crippen LogP contribution >= 0.6 is 0 Å². The lowest BCUT2D eigenvalue weighted by Crippen LogP contribution is -2.49. The van der Waals surface area contributed by atoms with E-state index in [0.29, 0.717) is 31.0 Å². The second-order valence-electron chi connectivity index (χ2n) is 11.1. The zero-order valence-corrected chi connectivity index (χ0v) is 20.1. The lowest BCUT2D eigenvalue weighted by molar-refractivity contribution is -0.126. The molecule has 2 N–H and O–H groups in total. The van der Waals surface area contributed by atoms with E-state index in [1.165, 1.54) is 56.9 Å². The first-order valence-corrected chi connectivity index (χ1v) is 13.2. The zero-order chi connectivity index (χ0) is 22.9. The van der Waals surface area contributed by atoms with E-state index in [1.807, 2.05) is 6.07 Å². The normalized spacial score (nSPS) is 32.6. The first-order valence-electron chi connectivity index (χ1n) is 13.2. The number of carbonyl (C=O) groups is 2. The largest absolute Gasteiger partial charge is 0.329 e. The molecule has 178 valence electrons. The predicted octanol–water partition coefficient (Wildman–Crippen LogP) is 4.70. The van der Waals surface area contributed by atoms with E-state index in [9.17, 15) is 9.59 Å². The van der Waals surface area contributed by atoms with Gasteiger partial charge in [0.15, 0.2) is 0 Å². The SMILES string of the molecule is C=C1CCC(N2Cc3cc(C[C@H]4CCCC[C@@H]4N[C@H]4CC[C@@H](C)CC4)ccc3C2=O)C(=O)N1. The van der Waals surface area contributed by atoms with Crippen molar-refractivity contribution in [3.8, 4) is 0 Å². The van der Waals surface area contributed by atoms with Crippen LogP contribution in [-0.2, 0) is 17.8 Å². The first-order chi connectivity index (χ1) is 16.0. The van der Waals surface area contributed by atoms with Crippen molar-refractivity contribution in [1.82, 2.24) is 15.5 Å². The summed E-state index contributed by atoms with van der Waals surface area (Å²) in [5.74, 6) is 1.45. The van der Waals surface area contributed by atoms with Crippen molar-refractivity contribution < 1.29 is 9.59 Å². The third-order valence-electron chi connectivity index (χ3n) is 8.57. The Bertz CT molecular complexity index is 918. The number of nitrogens with one attached hydrogen (secondary N) is 2. The first kappa shape index (κ1) is 22.6. The molecule has 0 bridgehead atoms. The monoisotopic (exact) mass is 449 g/mol. The van der Waals surface area contributed by atoms with Gasteiger partial charge < -0.3 is 15.5 Å². The van der Waals surface area contributed by atoms with Crippen LogP contribution in [0.25, 0.3) is 0 Å². The van der Waals surface area contributed by atoms with Crippen molar-refractivity contribution in [1.29, 1.82) is 0 Å². The molecule has 2 aliphatic heterocycles. The van der Waals surface area contributed by atoms with Gasteiger partial charge in [-0.25, -0.2) is 0 Å². The van der Waals surface area contributed by atoms with Crippen LogP contribution in [-0.4, -0.2) is 34.8 Å². The van der Waals surface area contributed by atoms with Gasteiger partial charge in [-0.05, 0) is 86.8 Å². The minimum atomic E-state index is -0.385. The van der Waals surface area contributed by atoms with Crippen molar-refractivity contribution in [2.45, 2.75) is 102 Å². The average Bonchev–Trinajstić information content (AvgIpc) is 3.12. The van der Waals surface area contributed by atoms with Crippen LogP contribution in [0.15, 0.2) is 30.5 Å². The molecular formula is C28H39N3O2. The second-order valence-corrected chi connectivity index (χ2v) is 11.1. The van der Waals surface area contributed by atoms with E-state index in [2.05, 4.69) is 36.3 Å². The molecule has 2 saturated carbocycles. The van der Waals surface area contributed by atoms with Gasteiger partial charge in [0.1, 0.15) is 6.04 Å². The maximum Gasteiger partial charge on any atom is 0.255 e. The molecule has 33 heavy (non-hydrogen) atoms. The third-order valence-corrected chi connectivity index (χ3v) is 8.57. The van der Waals surface area contributed by atoms with E-state index in [1.54, 1.807) is 4.90 Å². The number of allylic oxidation sites excluding steroid dienone is 1. The van der Waals surface area contributed by atoms with E-state index in [-0.39, 0.29) is 17.9 Å². The van der Waals surface area contributed by atoms with Crippen molar-refractivity contribution in [3.05, 3.63) is 47.2 Å². The van der Waals surface area contributed by atoms with E-state index in [0.717, 1.165) is 35.6 Å². The van der Waals surface area contributed by atoms with Gasteiger partial charge in [-0.15, -0.1) is 0 Å². The van der Waals surface area contributed by atoms with Gasteiger partial charge in [0.25, 0.3) is 5.91 Å². The molecule has 0 radical (unpaired) electrons. The molecule has 2 amide bonds. The minimum Gasteiger partial charge on any atom is -0.329 e. The van der Waals surface area contributed by atoms with Crippen LogP contribution in [0, 0.1) is 11.8 Å². The molecule has 5 nitrogen and oxygen atoms in total. The predicted molar refractivity (Wildman–Crippen MR) is 131 cm³/mol. The van der Waals surface area contributed by atoms with Crippen molar-refractivity contribution in [2.24, 2.45) is 11.8 Å². The van der Waals surface area contributed by atoms with Gasteiger partial charge in [0, 0.05) is 29.9 Å². The second kappa shape index (κ2) is 9.61. The molecule has 1 saturated heterocycles. The topological polar surface area (TPSA) is 61.4 Å². The van der Waals surface area contributed by atoms with Crippen molar-refractivity contribution >= 4 is 11.8 Å². The highest BCUT2D eigenvalue weighted by Crippen LogP contribution is 2.33. The molecule has 2 aliphatic carbocycles. The Morgan fingerprint density at radius 3 is 2.64 bits per heavy atom. The summed E-state index contributed by atoms with van der Waals surface area (Å²) in [5.41, 5.74) is 3.93. The number of amides is 2. The molecule has 0 aromatic heterocycles. The Morgan fingerprint density at radius 1 is 1.06 bits per heavy atom. The molecule has 3 atom stereocenters. The summed E-state index contributed by atoms with van der Waals surface area (Å²) in [6.45, 7) is 6.78. The van der Waals surface area contributed by atoms with Crippen LogP contribution < -0.4 is 10.6 Å². The average molecular weight is 450 g/mol. The number of rotatable bonds is 5. The highest BCUT2D eigenvalue weighted by Gasteiger charge is 2.38. The highest BCUT2D eigenvalue weighted by atomic mass is 16.2. The van der Waals surface area contributed by atoms with Gasteiger partial charge in [-0.2, -0.15) is 0 Å². The molecule has 1 unspecified atom stereocenters. The molecule has 2 heterocycles. The molecule has 3 fully saturated rings. The standard InChI is InChI=1S/C28H39N3O2/c1-18-7-11-23(12-8-18)30-25-6-4-3-5-21(25)15-20-10-13-24-22(16-20)17-31(28(24)33)26-14-9-19(2)29-27(26)32/h10,13,16,18,21,23,25-26,30H,2-9,11-12,14-15,17H2,1H3,(H,29,32)/t18-,21-,23+,25+,26?/m1/s1. The fourth-order valence-corrected chi connectivity index (χ4v) is 6.54. The summed E-state index contributed by atoms with van der Waals surface area (Å²) in [5, 5.41) is 6.88. The Kier molecular flexibility index (Phi) is 6.60. The van der Waals surface area contributed by atoms with Gasteiger partial charge in [0.05, 0.1) is 0 Å². The smallest absolute Gasteiger partial charge is 0.255 e.